The Morgan fingerprint density at radius 1 is 1.24 bits per heavy atom. The second kappa shape index (κ2) is 6.29. The Morgan fingerprint density at radius 3 is 2.52 bits per heavy atom. The van der Waals surface area contributed by atoms with Crippen molar-refractivity contribution in [2.45, 2.75) is 51.6 Å². The number of aryl methyl sites for hydroxylation is 1. The van der Waals surface area contributed by atoms with E-state index in [2.05, 4.69) is 17.4 Å². The molecule has 21 heavy (non-hydrogen) atoms. The van der Waals surface area contributed by atoms with Gasteiger partial charge in [-0.15, -0.1) is 0 Å². The molecule has 0 spiro atoms. The zero-order valence-electron chi connectivity index (χ0n) is 13.1. The zero-order chi connectivity index (χ0) is 15.5. The highest BCUT2D eigenvalue weighted by Crippen LogP contribution is 2.21. The van der Waals surface area contributed by atoms with Crippen LogP contribution in [0.3, 0.4) is 0 Å². The lowest BCUT2D eigenvalue weighted by Crippen LogP contribution is -2.68. The van der Waals surface area contributed by atoms with Crippen molar-refractivity contribution in [1.29, 1.82) is 0 Å². The number of amides is 2. The van der Waals surface area contributed by atoms with Gasteiger partial charge in [0.1, 0.15) is 11.6 Å². The van der Waals surface area contributed by atoms with E-state index in [0.717, 1.165) is 12.8 Å². The standard InChI is InChI=1S/C17H24N2O2/c1-4-17(3)16(21)19(13(2)15(20)18-17)12-8-11-14-9-6-5-7-10-14/h5-7,9-10,13H,4,8,11-12H2,1-3H3,(H,18,20). The fourth-order valence-electron chi connectivity index (χ4n) is 2.70. The molecular formula is C17H24N2O2. The summed E-state index contributed by atoms with van der Waals surface area (Å²) < 4.78 is 0. The number of carbonyl (C=O) groups is 2. The van der Waals surface area contributed by atoms with Crippen LogP contribution in [-0.2, 0) is 16.0 Å². The van der Waals surface area contributed by atoms with Crippen LogP contribution >= 0.6 is 0 Å². The van der Waals surface area contributed by atoms with Gasteiger partial charge in [-0.1, -0.05) is 37.3 Å². The topological polar surface area (TPSA) is 49.4 Å². The third kappa shape index (κ3) is 3.26. The van der Waals surface area contributed by atoms with Crippen LogP contribution in [0.5, 0.6) is 0 Å². The van der Waals surface area contributed by atoms with Crippen LogP contribution in [0, 0.1) is 0 Å². The molecule has 2 atom stereocenters. The Bertz CT molecular complexity index is 515. The van der Waals surface area contributed by atoms with Crippen LogP contribution in [0.1, 0.15) is 39.2 Å². The molecule has 0 aliphatic carbocycles. The maximum Gasteiger partial charge on any atom is 0.248 e. The summed E-state index contributed by atoms with van der Waals surface area (Å²) in [5, 5.41) is 2.85. The van der Waals surface area contributed by atoms with Gasteiger partial charge in [0.25, 0.3) is 0 Å². The van der Waals surface area contributed by atoms with Gasteiger partial charge in [-0.05, 0) is 38.7 Å². The van der Waals surface area contributed by atoms with Crippen LogP contribution in [0.15, 0.2) is 30.3 Å². The highest BCUT2D eigenvalue weighted by atomic mass is 16.2. The molecule has 114 valence electrons. The van der Waals surface area contributed by atoms with E-state index in [1.807, 2.05) is 32.0 Å². The summed E-state index contributed by atoms with van der Waals surface area (Å²) in [7, 11) is 0. The third-order valence-corrected chi connectivity index (χ3v) is 4.39. The average molecular weight is 288 g/mol. The Balaban J connectivity index is 2.00. The first-order valence-electron chi connectivity index (χ1n) is 7.65. The molecule has 2 rings (SSSR count). The van der Waals surface area contributed by atoms with Crippen LogP contribution in [0.25, 0.3) is 0 Å². The van der Waals surface area contributed by atoms with Gasteiger partial charge in [-0.25, -0.2) is 0 Å². The first kappa shape index (κ1) is 15.5. The molecular weight excluding hydrogens is 264 g/mol. The van der Waals surface area contributed by atoms with Crippen molar-refractivity contribution < 1.29 is 9.59 Å². The van der Waals surface area contributed by atoms with Crippen molar-refractivity contribution in [1.82, 2.24) is 10.2 Å². The summed E-state index contributed by atoms with van der Waals surface area (Å²) in [6.45, 7) is 6.16. The molecule has 4 nitrogen and oxygen atoms in total. The van der Waals surface area contributed by atoms with Gasteiger partial charge in [-0.3, -0.25) is 9.59 Å². The normalized spacial score (nSPS) is 25.9. The van der Waals surface area contributed by atoms with Crippen molar-refractivity contribution in [3.8, 4) is 0 Å². The van der Waals surface area contributed by atoms with E-state index in [4.69, 9.17) is 0 Å². The van der Waals surface area contributed by atoms with Gasteiger partial charge in [0, 0.05) is 6.54 Å². The van der Waals surface area contributed by atoms with Gasteiger partial charge >= 0.3 is 0 Å². The number of hydrogen-bond donors (Lipinski definition) is 1. The number of rotatable bonds is 5. The maximum atomic E-state index is 12.6. The Morgan fingerprint density at radius 2 is 1.90 bits per heavy atom. The zero-order valence-corrected chi connectivity index (χ0v) is 13.1. The number of benzene rings is 1. The first-order chi connectivity index (χ1) is 9.98. The molecule has 1 N–H and O–H groups in total. The van der Waals surface area contributed by atoms with Crippen molar-refractivity contribution >= 4 is 11.8 Å². The van der Waals surface area contributed by atoms with Gasteiger partial charge in [0.2, 0.25) is 11.8 Å². The number of piperazine rings is 1. The Labute approximate surface area is 126 Å². The van der Waals surface area contributed by atoms with Crippen molar-refractivity contribution in [3.63, 3.8) is 0 Å². The lowest BCUT2D eigenvalue weighted by atomic mass is 9.92. The largest absolute Gasteiger partial charge is 0.340 e. The lowest BCUT2D eigenvalue weighted by Gasteiger charge is -2.43. The quantitative estimate of drug-likeness (QED) is 0.902. The van der Waals surface area contributed by atoms with Gasteiger partial charge in [-0.2, -0.15) is 0 Å². The highest BCUT2D eigenvalue weighted by molar-refractivity contribution is 5.99. The SMILES string of the molecule is CCC1(C)NC(=O)C(C)N(CCCc2ccccc2)C1=O. The lowest BCUT2D eigenvalue weighted by molar-refractivity contribution is -0.153. The third-order valence-electron chi connectivity index (χ3n) is 4.39. The molecule has 0 saturated carbocycles. The summed E-state index contributed by atoms with van der Waals surface area (Å²) in [4.78, 5) is 26.4. The van der Waals surface area contributed by atoms with E-state index < -0.39 is 5.54 Å². The van der Waals surface area contributed by atoms with Crippen LogP contribution < -0.4 is 5.32 Å². The minimum atomic E-state index is -0.754. The van der Waals surface area contributed by atoms with Crippen LogP contribution in [-0.4, -0.2) is 34.8 Å². The Hall–Kier alpha value is -1.84. The Kier molecular flexibility index (Phi) is 4.66. The molecule has 0 aromatic heterocycles. The minimum absolute atomic E-state index is 0.0326. The molecule has 2 amide bonds. The summed E-state index contributed by atoms with van der Waals surface area (Å²) in [6.07, 6.45) is 2.40. The van der Waals surface area contributed by atoms with E-state index in [0.29, 0.717) is 13.0 Å². The molecule has 0 radical (unpaired) electrons. The van der Waals surface area contributed by atoms with E-state index in [9.17, 15) is 9.59 Å². The van der Waals surface area contributed by atoms with Crippen molar-refractivity contribution in [2.75, 3.05) is 6.54 Å². The van der Waals surface area contributed by atoms with Crippen molar-refractivity contribution in [3.05, 3.63) is 35.9 Å². The summed E-state index contributed by atoms with van der Waals surface area (Å²) >= 11 is 0. The number of carbonyl (C=O) groups excluding carboxylic acids is 2. The molecule has 1 aliphatic rings. The van der Waals surface area contributed by atoms with Crippen LogP contribution in [0.4, 0.5) is 0 Å². The van der Waals surface area contributed by atoms with Gasteiger partial charge < -0.3 is 10.2 Å². The molecule has 1 heterocycles. The predicted octanol–water partition coefficient (Wildman–Crippen LogP) is 2.13. The summed E-state index contributed by atoms with van der Waals surface area (Å²) in [5.41, 5.74) is 0.508. The fourth-order valence-corrected chi connectivity index (χ4v) is 2.70. The smallest absolute Gasteiger partial charge is 0.248 e. The number of nitrogens with one attached hydrogen (secondary N) is 1. The van der Waals surface area contributed by atoms with Gasteiger partial charge in [0.05, 0.1) is 0 Å². The molecule has 1 aromatic rings. The molecule has 1 fully saturated rings. The average Bonchev–Trinajstić information content (AvgIpc) is 2.50. The molecule has 1 saturated heterocycles. The van der Waals surface area contributed by atoms with E-state index in [-0.39, 0.29) is 17.9 Å². The molecule has 2 unspecified atom stereocenters. The number of hydrogen-bond acceptors (Lipinski definition) is 2. The predicted molar refractivity (Wildman–Crippen MR) is 82.8 cm³/mol. The van der Waals surface area contributed by atoms with E-state index in [1.165, 1.54) is 5.56 Å². The molecule has 4 heteroatoms. The van der Waals surface area contributed by atoms with E-state index >= 15 is 0 Å². The van der Waals surface area contributed by atoms with Crippen molar-refractivity contribution in [2.24, 2.45) is 0 Å². The maximum absolute atomic E-state index is 12.6. The minimum Gasteiger partial charge on any atom is -0.340 e. The number of nitrogens with zero attached hydrogens (tertiary/aromatic N) is 1. The van der Waals surface area contributed by atoms with Gasteiger partial charge in [0.15, 0.2) is 0 Å². The monoisotopic (exact) mass is 288 g/mol. The second-order valence-corrected chi connectivity index (χ2v) is 5.94. The molecule has 1 aromatic carbocycles. The molecule has 1 aliphatic heterocycles. The second-order valence-electron chi connectivity index (χ2n) is 5.94. The fraction of sp³-hybridized carbons (Fsp3) is 0.529. The summed E-state index contributed by atoms with van der Waals surface area (Å²) in [5.74, 6) is -0.0242. The van der Waals surface area contributed by atoms with E-state index in [1.54, 1.807) is 11.8 Å². The first-order valence-corrected chi connectivity index (χ1v) is 7.65. The van der Waals surface area contributed by atoms with Crippen LogP contribution in [0.2, 0.25) is 0 Å². The summed E-state index contributed by atoms with van der Waals surface area (Å²) in [6, 6.07) is 9.83. The molecule has 0 bridgehead atoms. The highest BCUT2D eigenvalue weighted by Gasteiger charge is 2.44.